The molecule has 4 heterocycles. The van der Waals surface area contributed by atoms with Crippen LogP contribution in [0.3, 0.4) is 0 Å². The lowest BCUT2D eigenvalue weighted by molar-refractivity contribution is -0.135. The molecule has 0 aliphatic carbocycles. The first kappa shape index (κ1) is 41.0. The summed E-state index contributed by atoms with van der Waals surface area (Å²) >= 11 is 4.52. The molecule has 3 aromatic heterocycles. The van der Waals surface area contributed by atoms with Crippen LogP contribution in [0.2, 0.25) is 0 Å². The molecule has 0 unspecified atom stereocenters. The highest BCUT2D eigenvalue weighted by Crippen LogP contribution is 2.28. The van der Waals surface area contributed by atoms with Crippen molar-refractivity contribution in [3.05, 3.63) is 92.8 Å². The number of carbonyl (C=O) groups is 5. The van der Waals surface area contributed by atoms with Crippen LogP contribution in [0.25, 0.3) is 20.2 Å². The molecule has 5 amide bonds. The number of amides is 5. The molecule has 0 radical (unpaired) electrons. The monoisotopic (exact) mass is 815 g/mol. The lowest BCUT2D eigenvalue weighted by Crippen LogP contribution is -2.59. The number of unbranched alkanes of at least 4 members (excludes halogenated alkanes) is 1. The van der Waals surface area contributed by atoms with Gasteiger partial charge in [-0.15, -0.1) is 34.0 Å². The van der Waals surface area contributed by atoms with Gasteiger partial charge in [-0.3, -0.25) is 24.0 Å². The van der Waals surface area contributed by atoms with Crippen LogP contribution in [0.4, 0.5) is 0 Å². The van der Waals surface area contributed by atoms with Crippen LogP contribution in [0.5, 0.6) is 0 Å². The third kappa shape index (κ3) is 11.2. The lowest BCUT2D eigenvalue weighted by Gasteiger charge is -2.27. The summed E-state index contributed by atoms with van der Waals surface area (Å²) in [4.78, 5) is 71.3. The van der Waals surface area contributed by atoms with Gasteiger partial charge in [-0.2, -0.15) is 0 Å². The molecular weight excluding hydrogens is 767 g/mol. The minimum absolute atomic E-state index is 0.144. The number of nitrogens with two attached hydrogens (primary N) is 2. The molecule has 0 bridgehead atoms. The highest BCUT2D eigenvalue weighted by molar-refractivity contribution is 7.19. The molecule has 2 aromatic carbocycles. The van der Waals surface area contributed by atoms with E-state index in [9.17, 15) is 24.0 Å². The Morgan fingerprint density at radius 1 is 0.661 bits per heavy atom. The van der Waals surface area contributed by atoms with Gasteiger partial charge in [0.15, 0.2) is 0 Å². The average Bonchev–Trinajstić information content (AvgIpc) is 3.96. The topological polar surface area (TPSA) is 198 Å². The van der Waals surface area contributed by atoms with E-state index >= 15 is 0 Å². The summed E-state index contributed by atoms with van der Waals surface area (Å²) in [5.74, 6) is -2.74. The maximum Gasteiger partial charge on any atom is 0.243 e. The van der Waals surface area contributed by atoms with E-state index in [0.717, 1.165) is 47.9 Å². The number of primary amides is 1. The van der Waals surface area contributed by atoms with E-state index in [1.54, 1.807) is 11.3 Å². The van der Waals surface area contributed by atoms with Crippen LogP contribution in [0.15, 0.2) is 78.2 Å². The molecule has 56 heavy (non-hydrogen) atoms. The molecule has 1 saturated heterocycles. The van der Waals surface area contributed by atoms with E-state index in [1.807, 2.05) is 78.2 Å². The first-order chi connectivity index (χ1) is 27.2. The number of rotatable bonds is 19. The highest BCUT2D eigenvalue weighted by Gasteiger charge is 2.33. The fraction of sp³-hybridized carbons (Fsp3) is 0.390. The van der Waals surface area contributed by atoms with Crippen LogP contribution in [0.1, 0.15) is 46.7 Å². The van der Waals surface area contributed by atoms with E-state index in [2.05, 4.69) is 26.6 Å². The van der Waals surface area contributed by atoms with Gasteiger partial charge in [-0.1, -0.05) is 42.5 Å². The molecule has 1 fully saturated rings. The zero-order valence-corrected chi connectivity index (χ0v) is 33.5. The normalized spacial score (nSPS) is 15.4. The van der Waals surface area contributed by atoms with Crippen LogP contribution in [0, 0.1) is 5.92 Å². The van der Waals surface area contributed by atoms with E-state index in [-0.39, 0.29) is 31.1 Å². The largest absolute Gasteiger partial charge is 0.368 e. The Hall–Kier alpha value is -4.67. The predicted molar refractivity (Wildman–Crippen MR) is 224 cm³/mol. The third-order valence-corrected chi connectivity index (χ3v) is 13.1. The van der Waals surface area contributed by atoms with Crippen molar-refractivity contribution in [3.8, 4) is 0 Å². The maximum absolute atomic E-state index is 14.4. The minimum atomic E-state index is -1.11. The van der Waals surface area contributed by atoms with Crippen molar-refractivity contribution in [1.29, 1.82) is 0 Å². The Bertz CT molecular complexity index is 2040. The Morgan fingerprint density at radius 2 is 1.18 bits per heavy atom. The van der Waals surface area contributed by atoms with Gasteiger partial charge in [0.1, 0.15) is 24.2 Å². The number of thiophene rings is 3. The molecule has 1 aliphatic heterocycles. The van der Waals surface area contributed by atoms with Crippen molar-refractivity contribution in [3.63, 3.8) is 0 Å². The molecule has 0 spiro atoms. The van der Waals surface area contributed by atoms with Crippen molar-refractivity contribution < 1.29 is 24.0 Å². The molecule has 4 atom stereocenters. The van der Waals surface area contributed by atoms with E-state index in [4.69, 9.17) is 11.5 Å². The molecule has 1 aliphatic rings. The van der Waals surface area contributed by atoms with Gasteiger partial charge >= 0.3 is 0 Å². The number of hydrogen-bond donors (Lipinski definition) is 7. The fourth-order valence-electron chi connectivity index (χ4n) is 6.90. The van der Waals surface area contributed by atoms with Crippen LogP contribution in [-0.2, 0) is 43.2 Å². The second-order valence-electron chi connectivity index (χ2n) is 14.1. The second kappa shape index (κ2) is 20.0. The minimum Gasteiger partial charge on any atom is -0.368 e. The quantitative estimate of drug-likeness (QED) is 0.0616. The Balaban J connectivity index is 1.27. The molecule has 5 aromatic rings. The Labute approximate surface area is 338 Å². The van der Waals surface area contributed by atoms with Crippen molar-refractivity contribution in [2.45, 2.75) is 75.5 Å². The molecule has 15 heteroatoms. The van der Waals surface area contributed by atoms with E-state index in [1.165, 1.54) is 22.7 Å². The standard InChI is InChI=1S/C41H49N7O5S3/c42-16-6-5-11-31(37(43)49)45-39(51)32(22-28-10-7-19-54-28)47-41(53)34(24-30-21-27-9-2-4-13-36(27)56-30)48-40(52)33(46-38(50)25-14-17-44-18-15-25)23-29-20-26-8-1-3-12-35(26)55-29/h1-4,7-10,12-13,19-21,25,31-34,44H,5-6,11,14-18,22-24,42H2,(H2,43,49)(H,45,51)(H,46,50)(H,47,53)(H,48,52)/t31-,32-,33+,34+/m0/s1. The smallest absolute Gasteiger partial charge is 0.243 e. The summed E-state index contributed by atoms with van der Waals surface area (Å²) in [5.41, 5.74) is 11.3. The first-order valence-corrected chi connectivity index (χ1v) is 21.6. The van der Waals surface area contributed by atoms with Crippen molar-refractivity contribution in [2.24, 2.45) is 17.4 Å². The second-order valence-corrected chi connectivity index (χ2v) is 17.5. The average molecular weight is 816 g/mol. The third-order valence-electron chi connectivity index (χ3n) is 9.96. The van der Waals surface area contributed by atoms with Gasteiger partial charge in [0.2, 0.25) is 29.5 Å². The Kier molecular flexibility index (Phi) is 14.6. The maximum atomic E-state index is 14.4. The Morgan fingerprint density at radius 3 is 1.68 bits per heavy atom. The van der Waals surface area contributed by atoms with Crippen LogP contribution < -0.4 is 38.1 Å². The van der Waals surface area contributed by atoms with Gasteiger partial charge in [-0.25, -0.2) is 0 Å². The summed E-state index contributed by atoms with van der Waals surface area (Å²) in [6, 6.07) is 19.5. The summed E-state index contributed by atoms with van der Waals surface area (Å²) in [7, 11) is 0. The van der Waals surface area contributed by atoms with Gasteiger partial charge in [0.25, 0.3) is 0 Å². The van der Waals surface area contributed by atoms with Crippen molar-refractivity contribution in [2.75, 3.05) is 19.6 Å². The molecule has 0 saturated carbocycles. The van der Waals surface area contributed by atoms with E-state index in [0.29, 0.717) is 38.6 Å². The number of hydrogen-bond acceptors (Lipinski definition) is 10. The van der Waals surface area contributed by atoms with Crippen molar-refractivity contribution in [1.82, 2.24) is 26.6 Å². The van der Waals surface area contributed by atoms with E-state index < -0.39 is 47.8 Å². The summed E-state index contributed by atoms with van der Waals surface area (Å²) < 4.78 is 2.10. The SMILES string of the molecule is NCCCC[C@H](NC(=O)[C@H](Cc1cccs1)NC(=O)[C@@H](Cc1cc2ccccc2s1)NC(=O)[C@@H](Cc1cc2ccccc2s1)NC(=O)C1CCNCC1)C(N)=O. The van der Waals surface area contributed by atoms with Gasteiger partial charge < -0.3 is 38.1 Å². The number of fused-ring (bicyclic) bond motifs is 2. The van der Waals surface area contributed by atoms with Gasteiger partial charge in [-0.05, 0) is 98.2 Å². The number of nitrogens with one attached hydrogen (secondary N) is 5. The summed E-state index contributed by atoms with van der Waals surface area (Å²) in [6.45, 7) is 1.88. The predicted octanol–water partition coefficient (Wildman–Crippen LogP) is 3.76. The van der Waals surface area contributed by atoms with Crippen LogP contribution in [-0.4, -0.2) is 73.3 Å². The molecule has 9 N–H and O–H groups in total. The number of carbonyl (C=O) groups excluding carboxylic acids is 5. The molecule has 12 nitrogen and oxygen atoms in total. The zero-order valence-electron chi connectivity index (χ0n) is 31.1. The fourth-order valence-corrected chi connectivity index (χ4v) is 9.88. The summed E-state index contributed by atoms with van der Waals surface area (Å²) in [6.07, 6.45) is 3.44. The van der Waals surface area contributed by atoms with Gasteiger partial charge in [0.05, 0.1) is 0 Å². The molecule has 6 rings (SSSR count). The van der Waals surface area contributed by atoms with Gasteiger partial charge in [0, 0.05) is 49.2 Å². The zero-order chi connectivity index (χ0) is 39.4. The number of benzene rings is 2. The molecule has 296 valence electrons. The summed E-state index contributed by atoms with van der Waals surface area (Å²) in [5, 5.41) is 18.9. The number of piperidine rings is 1. The first-order valence-electron chi connectivity index (χ1n) is 19.1. The highest BCUT2D eigenvalue weighted by atomic mass is 32.1. The van der Waals surface area contributed by atoms with Crippen LogP contribution >= 0.6 is 34.0 Å². The van der Waals surface area contributed by atoms with Crippen molar-refractivity contribution >= 4 is 83.7 Å². The lowest BCUT2D eigenvalue weighted by atomic mass is 9.96. The molecular formula is C41H49N7O5S3.